The van der Waals surface area contributed by atoms with E-state index in [4.69, 9.17) is 4.74 Å². The Labute approximate surface area is 147 Å². The lowest BCUT2D eigenvalue weighted by Gasteiger charge is -2.04. The molecule has 5 nitrogen and oxygen atoms in total. The van der Waals surface area contributed by atoms with Gasteiger partial charge in [-0.3, -0.25) is 4.79 Å². The molecule has 0 saturated heterocycles. The van der Waals surface area contributed by atoms with Crippen LogP contribution in [0.3, 0.4) is 0 Å². The lowest BCUT2D eigenvalue weighted by molar-refractivity contribution is 0.0956. The maximum Gasteiger partial charge on any atom is 0.251 e. The molecule has 2 rings (SSSR count). The third-order valence-corrected chi connectivity index (χ3v) is 3.34. The molecular weight excluding hydrogens is 322 g/mol. The lowest BCUT2D eigenvalue weighted by Crippen LogP contribution is -2.25. The first-order chi connectivity index (χ1) is 11.7. The predicted octanol–water partition coefficient (Wildman–Crippen LogP) is 4.55. The minimum atomic E-state index is -0.116. The highest BCUT2D eigenvalue weighted by atomic mass is 32.1. The Morgan fingerprint density at radius 2 is 1.62 bits per heavy atom. The standard InChI is InChI=1S/C18H21N3O2S/c1-2-12-23-17-9-7-16(8-10-17)21-20-15-5-3-14(4-6-15)18(22)19-11-13-24/h3-10,24H,2,11-13H2,1H3,(H,19,22). The third kappa shape index (κ3) is 5.70. The van der Waals surface area contributed by atoms with E-state index in [1.54, 1.807) is 24.3 Å². The maximum absolute atomic E-state index is 11.8. The van der Waals surface area contributed by atoms with Gasteiger partial charge in [-0.05, 0) is 55.0 Å². The summed E-state index contributed by atoms with van der Waals surface area (Å²) in [6.45, 7) is 3.31. The first kappa shape index (κ1) is 18.0. The molecule has 0 aliphatic carbocycles. The SMILES string of the molecule is CCCOc1ccc(N=Nc2ccc(C(=O)NCCS)cc2)cc1. The Morgan fingerprint density at radius 1 is 1.04 bits per heavy atom. The zero-order valence-corrected chi connectivity index (χ0v) is 14.5. The molecule has 1 amide bonds. The van der Waals surface area contributed by atoms with E-state index in [9.17, 15) is 4.79 Å². The molecule has 0 heterocycles. The number of benzene rings is 2. The number of carbonyl (C=O) groups excluding carboxylic acids is 1. The summed E-state index contributed by atoms with van der Waals surface area (Å²) < 4.78 is 5.52. The van der Waals surface area contributed by atoms with E-state index in [1.807, 2.05) is 24.3 Å². The molecule has 0 aromatic heterocycles. The summed E-state index contributed by atoms with van der Waals surface area (Å²) in [6, 6.07) is 14.4. The van der Waals surface area contributed by atoms with Crippen molar-refractivity contribution in [2.45, 2.75) is 13.3 Å². The van der Waals surface area contributed by atoms with Crippen LogP contribution >= 0.6 is 12.6 Å². The van der Waals surface area contributed by atoms with Crippen LogP contribution in [0.15, 0.2) is 58.8 Å². The van der Waals surface area contributed by atoms with Gasteiger partial charge in [-0.2, -0.15) is 22.9 Å². The molecule has 0 radical (unpaired) electrons. The Kier molecular flexibility index (Phi) is 7.29. The lowest BCUT2D eigenvalue weighted by atomic mass is 10.2. The molecule has 0 unspecified atom stereocenters. The summed E-state index contributed by atoms with van der Waals surface area (Å²) in [6.07, 6.45) is 0.976. The quantitative estimate of drug-likeness (QED) is 0.545. The van der Waals surface area contributed by atoms with E-state index < -0.39 is 0 Å². The highest BCUT2D eigenvalue weighted by Gasteiger charge is 2.03. The largest absolute Gasteiger partial charge is 0.494 e. The van der Waals surface area contributed by atoms with Crippen LogP contribution in [0.5, 0.6) is 5.75 Å². The smallest absolute Gasteiger partial charge is 0.251 e. The Bertz CT molecular complexity index is 670. The van der Waals surface area contributed by atoms with Crippen molar-refractivity contribution in [3.05, 3.63) is 54.1 Å². The summed E-state index contributed by atoms with van der Waals surface area (Å²) >= 11 is 4.06. The van der Waals surface area contributed by atoms with E-state index in [-0.39, 0.29) is 5.91 Å². The average Bonchev–Trinajstić information content (AvgIpc) is 2.64. The van der Waals surface area contributed by atoms with E-state index >= 15 is 0 Å². The van der Waals surface area contributed by atoms with Crippen LogP contribution in [0.25, 0.3) is 0 Å². The third-order valence-electron chi connectivity index (χ3n) is 3.12. The van der Waals surface area contributed by atoms with Crippen molar-refractivity contribution in [2.24, 2.45) is 10.2 Å². The van der Waals surface area contributed by atoms with Crippen LogP contribution in [0.2, 0.25) is 0 Å². The number of amides is 1. The highest BCUT2D eigenvalue weighted by molar-refractivity contribution is 7.80. The molecule has 0 atom stereocenters. The van der Waals surface area contributed by atoms with Gasteiger partial charge in [0.05, 0.1) is 18.0 Å². The predicted molar refractivity (Wildman–Crippen MR) is 99.0 cm³/mol. The number of thiol groups is 1. The molecule has 0 spiro atoms. The van der Waals surface area contributed by atoms with Gasteiger partial charge in [0, 0.05) is 17.9 Å². The Morgan fingerprint density at radius 3 is 2.17 bits per heavy atom. The van der Waals surface area contributed by atoms with E-state index in [0.717, 1.165) is 17.9 Å². The highest BCUT2D eigenvalue weighted by Crippen LogP contribution is 2.21. The van der Waals surface area contributed by atoms with Gasteiger partial charge in [-0.1, -0.05) is 6.92 Å². The minimum Gasteiger partial charge on any atom is -0.494 e. The first-order valence-electron chi connectivity index (χ1n) is 7.86. The topological polar surface area (TPSA) is 63.1 Å². The van der Waals surface area contributed by atoms with Crippen LogP contribution in [-0.4, -0.2) is 24.8 Å². The fourth-order valence-electron chi connectivity index (χ4n) is 1.90. The molecule has 2 aromatic rings. The summed E-state index contributed by atoms with van der Waals surface area (Å²) in [4.78, 5) is 11.8. The van der Waals surface area contributed by atoms with Crippen LogP contribution in [0, 0.1) is 0 Å². The second-order valence-electron chi connectivity index (χ2n) is 5.07. The normalized spacial score (nSPS) is 10.8. The van der Waals surface area contributed by atoms with Gasteiger partial charge in [-0.15, -0.1) is 0 Å². The van der Waals surface area contributed by atoms with Crippen molar-refractivity contribution in [3.8, 4) is 5.75 Å². The maximum atomic E-state index is 11.8. The van der Waals surface area contributed by atoms with Gasteiger partial charge in [-0.25, -0.2) is 0 Å². The number of hydrogen-bond acceptors (Lipinski definition) is 5. The Hall–Kier alpha value is -2.34. The van der Waals surface area contributed by atoms with Gasteiger partial charge in [0.25, 0.3) is 5.91 Å². The molecule has 0 fully saturated rings. The van der Waals surface area contributed by atoms with Gasteiger partial charge in [0.15, 0.2) is 0 Å². The molecule has 24 heavy (non-hydrogen) atoms. The van der Waals surface area contributed by atoms with E-state index in [2.05, 4.69) is 35.1 Å². The number of carbonyl (C=O) groups is 1. The fourth-order valence-corrected chi connectivity index (χ4v) is 2.01. The molecule has 1 N–H and O–H groups in total. The van der Waals surface area contributed by atoms with Gasteiger partial charge >= 0.3 is 0 Å². The number of nitrogens with zero attached hydrogens (tertiary/aromatic N) is 2. The van der Waals surface area contributed by atoms with E-state index in [1.165, 1.54) is 0 Å². The van der Waals surface area contributed by atoms with Crippen molar-refractivity contribution in [1.82, 2.24) is 5.32 Å². The van der Waals surface area contributed by atoms with Crippen molar-refractivity contribution in [2.75, 3.05) is 18.9 Å². The van der Waals surface area contributed by atoms with Crippen molar-refractivity contribution in [1.29, 1.82) is 0 Å². The Balaban J connectivity index is 1.95. The number of ether oxygens (including phenoxy) is 1. The monoisotopic (exact) mass is 343 g/mol. The molecule has 6 heteroatoms. The zero-order chi connectivity index (χ0) is 17.2. The molecule has 126 valence electrons. The molecule has 0 aliphatic rings. The number of azo groups is 1. The number of rotatable bonds is 8. The van der Waals surface area contributed by atoms with Crippen LogP contribution in [-0.2, 0) is 0 Å². The van der Waals surface area contributed by atoms with Gasteiger partial charge in [0.2, 0.25) is 0 Å². The van der Waals surface area contributed by atoms with Crippen LogP contribution in [0.1, 0.15) is 23.7 Å². The van der Waals surface area contributed by atoms with Crippen LogP contribution < -0.4 is 10.1 Å². The molecule has 0 saturated carbocycles. The van der Waals surface area contributed by atoms with Gasteiger partial charge in [0.1, 0.15) is 5.75 Å². The summed E-state index contributed by atoms with van der Waals surface area (Å²) in [5.41, 5.74) is 2.02. The van der Waals surface area contributed by atoms with Crippen molar-refractivity contribution >= 4 is 29.9 Å². The van der Waals surface area contributed by atoms with E-state index in [0.29, 0.717) is 30.2 Å². The summed E-state index contributed by atoms with van der Waals surface area (Å²) in [5, 5.41) is 11.1. The molecule has 0 aliphatic heterocycles. The van der Waals surface area contributed by atoms with Gasteiger partial charge < -0.3 is 10.1 Å². The minimum absolute atomic E-state index is 0.116. The molecule has 2 aromatic carbocycles. The fraction of sp³-hybridized carbons (Fsp3) is 0.278. The van der Waals surface area contributed by atoms with Crippen LogP contribution in [0.4, 0.5) is 11.4 Å². The second kappa shape index (κ2) is 9.72. The summed E-state index contributed by atoms with van der Waals surface area (Å²) in [5.74, 6) is 1.32. The second-order valence-corrected chi connectivity index (χ2v) is 5.52. The first-order valence-corrected chi connectivity index (χ1v) is 8.50. The molecule has 0 bridgehead atoms. The van der Waals surface area contributed by atoms with Crippen molar-refractivity contribution < 1.29 is 9.53 Å². The zero-order valence-electron chi connectivity index (χ0n) is 13.6. The number of hydrogen-bond donors (Lipinski definition) is 2. The molecular formula is C18H21N3O2S. The number of nitrogens with one attached hydrogen (secondary N) is 1. The summed E-state index contributed by atoms with van der Waals surface area (Å²) in [7, 11) is 0. The van der Waals surface area contributed by atoms with Crippen molar-refractivity contribution in [3.63, 3.8) is 0 Å². The average molecular weight is 343 g/mol.